The zero-order chi connectivity index (χ0) is 11.1. The van der Waals surface area contributed by atoms with E-state index in [1.165, 1.54) is 30.5 Å². The van der Waals surface area contributed by atoms with Crippen molar-refractivity contribution in [2.75, 3.05) is 5.73 Å². The lowest BCUT2D eigenvalue weighted by Crippen LogP contribution is -2.01. The number of nitrogens with zero attached hydrogens (tertiary/aromatic N) is 1. The molecule has 1 saturated carbocycles. The van der Waals surface area contributed by atoms with Crippen LogP contribution in [0.1, 0.15) is 57.2 Å². The fourth-order valence-corrected chi connectivity index (χ4v) is 2.13. The molecule has 1 aromatic heterocycles. The molecule has 0 amide bonds. The van der Waals surface area contributed by atoms with Gasteiger partial charge in [-0.15, -0.1) is 0 Å². The Balaban J connectivity index is 2.07. The van der Waals surface area contributed by atoms with Crippen LogP contribution in [0.15, 0.2) is 0 Å². The van der Waals surface area contributed by atoms with Gasteiger partial charge in [-0.2, -0.15) is 5.10 Å². The third-order valence-corrected chi connectivity index (χ3v) is 3.57. The number of anilines is 1. The van der Waals surface area contributed by atoms with Crippen molar-refractivity contribution in [1.29, 1.82) is 0 Å². The Hall–Kier alpha value is -0.990. The third kappa shape index (κ3) is 2.16. The first-order valence-electron chi connectivity index (χ1n) is 5.84. The van der Waals surface area contributed by atoms with Crippen LogP contribution in [-0.4, -0.2) is 10.2 Å². The van der Waals surface area contributed by atoms with E-state index in [2.05, 4.69) is 31.0 Å². The highest BCUT2D eigenvalue weighted by Crippen LogP contribution is 2.48. The molecule has 1 fully saturated rings. The Morgan fingerprint density at radius 3 is 2.67 bits per heavy atom. The fraction of sp³-hybridized carbons (Fsp3) is 0.750. The van der Waals surface area contributed by atoms with E-state index in [0.717, 1.165) is 6.42 Å². The second-order valence-electron chi connectivity index (χ2n) is 5.47. The van der Waals surface area contributed by atoms with E-state index in [1.54, 1.807) is 0 Å². The molecule has 3 nitrogen and oxygen atoms in total. The number of aromatic amines is 1. The van der Waals surface area contributed by atoms with Crippen molar-refractivity contribution in [1.82, 2.24) is 10.2 Å². The lowest BCUT2D eigenvalue weighted by molar-refractivity contribution is 0.512. The first kappa shape index (κ1) is 10.5. The van der Waals surface area contributed by atoms with Gasteiger partial charge in [0.15, 0.2) is 0 Å². The molecule has 1 aliphatic rings. The van der Waals surface area contributed by atoms with Crippen LogP contribution in [0, 0.1) is 5.41 Å². The third-order valence-electron chi connectivity index (χ3n) is 3.57. The molecule has 84 valence electrons. The molecule has 0 unspecified atom stereocenters. The van der Waals surface area contributed by atoms with Gasteiger partial charge >= 0.3 is 0 Å². The Labute approximate surface area is 91.4 Å². The molecule has 3 N–H and O–H groups in total. The SMILES string of the molecule is CC(C)c1c(N)n[nH]c1CCC1(C)CC1. The van der Waals surface area contributed by atoms with E-state index in [9.17, 15) is 0 Å². The predicted octanol–water partition coefficient (Wildman–Crippen LogP) is 2.85. The molecule has 0 aliphatic heterocycles. The molecule has 0 radical (unpaired) electrons. The van der Waals surface area contributed by atoms with Gasteiger partial charge in [0.1, 0.15) is 5.82 Å². The van der Waals surface area contributed by atoms with E-state index in [0.29, 0.717) is 17.2 Å². The van der Waals surface area contributed by atoms with Crippen molar-refractivity contribution in [2.24, 2.45) is 5.41 Å². The van der Waals surface area contributed by atoms with Gasteiger partial charge in [-0.1, -0.05) is 20.8 Å². The number of hydrogen-bond donors (Lipinski definition) is 2. The topological polar surface area (TPSA) is 54.7 Å². The van der Waals surface area contributed by atoms with Gasteiger partial charge < -0.3 is 5.73 Å². The summed E-state index contributed by atoms with van der Waals surface area (Å²) in [6, 6.07) is 0. The van der Waals surface area contributed by atoms with E-state index in [4.69, 9.17) is 5.73 Å². The maximum atomic E-state index is 5.85. The lowest BCUT2D eigenvalue weighted by Gasteiger charge is -2.10. The molecular formula is C12H21N3. The van der Waals surface area contributed by atoms with Crippen molar-refractivity contribution < 1.29 is 0 Å². The molecule has 0 atom stereocenters. The average molecular weight is 207 g/mol. The monoisotopic (exact) mass is 207 g/mol. The summed E-state index contributed by atoms with van der Waals surface area (Å²) >= 11 is 0. The van der Waals surface area contributed by atoms with Gasteiger partial charge in [-0.3, -0.25) is 5.10 Å². The average Bonchev–Trinajstić information content (AvgIpc) is 2.76. The largest absolute Gasteiger partial charge is 0.382 e. The van der Waals surface area contributed by atoms with Crippen LogP contribution in [0.2, 0.25) is 0 Å². The molecule has 0 saturated heterocycles. The number of aromatic nitrogens is 2. The molecule has 15 heavy (non-hydrogen) atoms. The van der Waals surface area contributed by atoms with Crippen LogP contribution < -0.4 is 5.73 Å². The van der Waals surface area contributed by atoms with E-state index in [1.807, 2.05) is 0 Å². The maximum Gasteiger partial charge on any atom is 0.148 e. The van der Waals surface area contributed by atoms with Gasteiger partial charge in [0.2, 0.25) is 0 Å². The number of aryl methyl sites for hydroxylation is 1. The van der Waals surface area contributed by atoms with Gasteiger partial charge in [0.05, 0.1) is 0 Å². The summed E-state index contributed by atoms with van der Waals surface area (Å²) < 4.78 is 0. The van der Waals surface area contributed by atoms with Crippen LogP contribution in [0.5, 0.6) is 0 Å². The smallest absolute Gasteiger partial charge is 0.148 e. The zero-order valence-electron chi connectivity index (χ0n) is 9.93. The van der Waals surface area contributed by atoms with Crippen LogP contribution >= 0.6 is 0 Å². The van der Waals surface area contributed by atoms with Crippen LogP contribution in [0.4, 0.5) is 5.82 Å². The number of nitrogens with two attached hydrogens (primary N) is 1. The summed E-state index contributed by atoms with van der Waals surface area (Å²) in [5, 5.41) is 7.19. The summed E-state index contributed by atoms with van der Waals surface area (Å²) in [5.74, 6) is 1.15. The Kier molecular flexibility index (Phi) is 2.49. The molecule has 1 heterocycles. The molecule has 0 bridgehead atoms. The number of H-pyrrole nitrogens is 1. The predicted molar refractivity (Wildman–Crippen MR) is 62.8 cm³/mol. The molecule has 2 rings (SSSR count). The molecule has 3 heteroatoms. The minimum Gasteiger partial charge on any atom is -0.382 e. The Morgan fingerprint density at radius 1 is 1.47 bits per heavy atom. The van der Waals surface area contributed by atoms with Crippen molar-refractivity contribution in [3.63, 3.8) is 0 Å². The first-order valence-corrected chi connectivity index (χ1v) is 5.84. The lowest BCUT2D eigenvalue weighted by atomic mass is 9.96. The summed E-state index contributed by atoms with van der Waals surface area (Å²) in [4.78, 5) is 0. The number of nitrogens with one attached hydrogen (secondary N) is 1. The Bertz CT molecular complexity index is 348. The Morgan fingerprint density at radius 2 is 2.13 bits per heavy atom. The number of hydrogen-bond acceptors (Lipinski definition) is 2. The van der Waals surface area contributed by atoms with Gasteiger partial charge in [-0.25, -0.2) is 0 Å². The van der Waals surface area contributed by atoms with Crippen LogP contribution in [0.25, 0.3) is 0 Å². The van der Waals surface area contributed by atoms with Crippen molar-refractivity contribution >= 4 is 5.82 Å². The highest BCUT2D eigenvalue weighted by Gasteiger charge is 2.36. The molecule has 0 spiro atoms. The maximum absolute atomic E-state index is 5.85. The van der Waals surface area contributed by atoms with Gasteiger partial charge in [0, 0.05) is 11.3 Å². The quantitative estimate of drug-likeness (QED) is 0.797. The van der Waals surface area contributed by atoms with E-state index in [-0.39, 0.29) is 0 Å². The normalized spacial score (nSPS) is 18.4. The summed E-state index contributed by atoms with van der Waals surface area (Å²) in [7, 11) is 0. The molecule has 1 aromatic rings. The summed E-state index contributed by atoms with van der Waals surface area (Å²) in [6.45, 7) is 6.70. The van der Waals surface area contributed by atoms with Gasteiger partial charge in [0.25, 0.3) is 0 Å². The fourth-order valence-electron chi connectivity index (χ4n) is 2.13. The molecular weight excluding hydrogens is 186 g/mol. The van der Waals surface area contributed by atoms with E-state index < -0.39 is 0 Å². The number of rotatable bonds is 4. The van der Waals surface area contributed by atoms with Crippen LogP contribution in [-0.2, 0) is 6.42 Å². The minimum absolute atomic E-state index is 0.464. The second kappa shape index (κ2) is 3.54. The first-order chi connectivity index (χ1) is 7.02. The van der Waals surface area contributed by atoms with Crippen molar-refractivity contribution in [3.05, 3.63) is 11.3 Å². The highest BCUT2D eigenvalue weighted by molar-refractivity contribution is 5.44. The van der Waals surface area contributed by atoms with Crippen LogP contribution in [0.3, 0.4) is 0 Å². The van der Waals surface area contributed by atoms with Crippen molar-refractivity contribution in [3.8, 4) is 0 Å². The minimum atomic E-state index is 0.464. The number of nitrogen functional groups attached to an aromatic ring is 1. The summed E-state index contributed by atoms with van der Waals surface area (Å²) in [5.41, 5.74) is 8.93. The van der Waals surface area contributed by atoms with Gasteiger partial charge in [-0.05, 0) is 37.0 Å². The highest BCUT2D eigenvalue weighted by atomic mass is 15.2. The molecule has 1 aliphatic carbocycles. The van der Waals surface area contributed by atoms with E-state index >= 15 is 0 Å². The molecule has 0 aromatic carbocycles. The zero-order valence-corrected chi connectivity index (χ0v) is 9.93. The summed E-state index contributed by atoms with van der Waals surface area (Å²) in [6.07, 6.45) is 5.11. The standard InChI is InChI=1S/C12H21N3/c1-8(2)10-9(14-15-11(10)13)4-5-12(3)6-7-12/h8H,4-7H2,1-3H3,(H3,13,14,15). The van der Waals surface area contributed by atoms with Crippen molar-refractivity contribution in [2.45, 2.75) is 52.4 Å². The second-order valence-corrected chi connectivity index (χ2v) is 5.47.